The van der Waals surface area contributed by atoms with Crippen molar-refractivity contribution in [2.75, 3.05) is 39.3 Å². The summed E-state index contributed by atoms with van der Waals surface area (Å²) in [6, 6.07) is 0.534. The maximum absolute atomic E-state index is 6.82. The van der Waals surface area contributed by atoms with Crippen molar-refractivity contribution in [1.82, 2.24) is 15.2 Å². The van der Waals surface area contributed by atoms with Gasteiger partial charge in [0.15, 0.2) is 0 Å². The van der Waals surface area contributed by atoms with E-state index in [1.165, 1.54) is 0 Å². The lowest BCUT2D eigenvalue weighted by Crippen LogP contribution is -2.72. The third kappa shape index (κ3) is 8.92. The molecule has 0 N–H and O–H groups in total. The van der Waals surface area contributed by atoms with E-state index in [-0.39, 0.29) is 0 Å². The molecule has 1 saturated heterocycles. The molecule has 0 aromatic rings. The highest BCUT2D eigenvalue weighted by atomic mass is 28.5. The molecule has 1 rings (SSSR count). The van der Waals surface area contributed by atoms with E-state index >= 15 is 0 Å². The van der Waals surface area contributed by atoms with Crippen molar-refractivity contribution >= 4 is 35.0 Å². The third-order valence-corrected chi connectivity index (χ3v) is 19.6. The van der Waals surface area contributed by atoms with Gasteiger partial charge in [0.05, 0.1) is 0 Å². The predicted octanol–water partition coefficient (Wildman–Crippen LogP) is 3.68. The molecule has 0 aliphatic carbocycles. The van der Waals surface area contributed by atoms with E-state index in [1.807, 2.05) is 79.7 Å². The molecule has 1 fully saturated rings. The van der Waals surface area contributed by atoms with Gasteiger partial charge in [0.25, 0.3) is 0 Å². The summed E-state index contributed by atoms with van der Waals surface area (Å²) in [5.41, 5.74) is 0. The molecule has 1 unspecified atom stereocenters. The van der Waals surface area contributed by atoms with E-state index in [2.05, 4.69) is 0 Å². The number of hydrogen-bond acceptors (Lipinski definition) is 10. The van der Waals surface area contributed by atoms with Crippen molar-refractivity contribution < 1.29 is 30.0 Å². The quantitative estimate of drug-likeness (QED) is 0.260. The van der Waals surface area contributed by atoms with E-state index in [1.54, 1.807) is 10.1 Å². The van der Waals surface area contributed by atoms with Crippen LogP contribution in [-0.2, 0) is 30.0 Å². The molecular formula is C18H47N3O7Si4. The van der Waals surface area contributed by atoms with Gasteiger partial charge in [0.1, 0.15) is 0 Å². The Morgan fingerprint density at radius 2 is 0.875 bits per heavy atom. The van der Waals surface area contributed by atoms with Crippen LogP contribution in [0.1, 0.15) is 48.5 Å². The molecule has 1 atom stereocenters. The van der Waals surface area contributed by atoms with Crippen LogP contribution in [0.2, 0.25) is 32.2 Å². The minimum Gasteiger partial charge on any atom is -0.416 e. The van der Waals surface area contributed by atoms with Crippen LogP contribution in [0.15, 0.2) is 0 Å². The van der Waals surface area contributed by atoms with Crippen LogP contribution in [0.5, 0.6) is 0 Å². The maximum Gasteiger partial charge on any atom is 0.698 e. The Labute approximate surface area is 200 Å². The fraction of sp³-hybridized carbons (Fsp3) is 1.00. The minimum atomic E-state index is -3.83. The first-order valence-corrected chi connectivity index (χ1v) is 21.2. The Morgan fingerprint density at radius 1 is 0.500 bits per heavy atom. The van der Waals surface area contributed by atoms with Gasteiger partial charge in [-0.3, -0.25) is 13.6 Å². The topological polar surface area (TPSA) is 74.3 Å². The molecule has 10 nitrogen and oxygen atoms in total. The van der Waals surface area contributed by atoms with Gasteiger partial charge < -0.3 is 16.5 Å². The zero-order valence-electron chi connectivity index (χ0n) is 22.1. The van der Waals surface area contributed by atoms with Crippen molar-refractivity contribution in [2.24, 2.45) is 0 Å². The summed E-state index contributed by atoms with van der Waals surface area (Å²) in [6.07, 6.45) is 0. The Kier molecular flexibility index (Phi) is 12.4. The van der Waals surface area contributed by atoms with E-state index < -0.39 is 35.0 Å². The molecule has 14 heteroatoms. The number of hydrogen-bond donors (Lipinski definition) is 0. The first-order valence-electron chi connectivity index (χ1n) is 12.0. The first kappa shape index (κ1) is 30.5. The van der Waals surface area contributed by atoms with Gasteiger partial charge in [0, 0.05) is 45.3 Å². The van der Waals surface area contributed by atoms with Crippen LogP contribution >= 0.6 is 0 Å². The Morgan fingerprint density at radius 3 is 1.25 bits per heavy atom. The normalized spacial score (nSPS) is 25.3. The van der Waals surface area contributed by atoms with Crippen molar-refractivity contribution in [1.29, 1.82) is 0 Å². The highest BCUT2D eigenvalue weighted by Crippen LogP contribution is 2.35. The summed E-state index contributed by atoms with van der Waals surface area (Å²) in [5.74, 6) is 0. The van der Waals surface area contributed by atoms with Gasteiger partial charge in [-0.2, -0.15) is 15.2 Å². The summed E-state index contributed by atoms with van der Waals surface area (Å²) < 4.78 is 46.1. The molecule has 0 amide bonds. The summed E-state index contributed by atoms with van der Waals surface area (Å²) >= 11 is 0. The van der Waals surface area contributed by atoms with Gasteiger partial charge in [-0.1, -0.05) is 48.5 Å². The largest absolute Gasteiger partial charge is 0.698 e. The van der Waals surface area contributed by atoms with Gasteiger partial charge >= 0.3 is 35.0 Å². The Balaban J connectivity index is 3.60. The van der Waals surface area contributed by atoms with Gasteiger partial charge in [-0.05, 0) is 26.2 Å². The lowest BCUT2D eigenvalue weighted by molar-refractivity contribution is -0.208. The van der Waals surface area contributed by atoms with E-state index in [4.69, 9.17) is 30.0 Å². The molecule has 0 radical (unpaired) electrons. The zero-order chi connectivity index (χ0) is 24.6. The fourth-order valence-corrected chi connectivity index (χ4v) is 21.3. The van der Waals surface area contributed by atoms with E-state index in [0.29, 0.717) is 45.3 Å². The molecule has 1 heterocycles. The first-order chi connectivity index (χ1) is 14.9. The highest BCUT2D eigenvalue weighted by molar-refractivity contribution is 6.89. The van der Waals surface area contributed by atoms with Crippen LogP contribution in [0.4, 0.5) is 0 Å². The predicted molar refractivity (Wildman–Crippen MR) is 133 cm³/mol. The standard InChI is InChI=1S/C18H47N3O7Si4/c1-12-19(13-2)22-31(18-7)26-29(8,9)25-30(10,11)27-32(28-31,23-20(14-3)15-4)24-21(16-5)17-6/h12-18H2,1-11H3. The molecule has 1 aliphatic heterocycles. The molecular weight excluding hydrogens is 483 g/mol. The Hall–Kier alpha value is 0.468. The van der Waals surface area contributed by atoms with Crippen LogP contribution < -0.4 is 0 Å². The molecule has 0 aromatic heterocycles. The molecule has 0 aromatic carbocycles. The highest BCUT2D eigenvalue weighted by Gasteiger charge is 2.66. The SMILES string of the molecule is CCN(CC)O[Si]1(CC)O[Si](C)(C)O[Si](C)(C)O[Si](ON(CC)CC)(ON(CC)CC)O1. The summed E-state index contributed by atoms with van der Waals surface area (Å²) in [6.45, 7) is 26.2. The average Bonchev–Trinajstić information content (AvgIpc) is 2.71. The lowest BCUT2D eigenvalue weighted by atomic mass is 10.6. The summed E-state index contributed by atoms with van der Waals surface area (Å²) in [5, 5.41) is 5.46. The monoisotopic (exact) mass is 529 g/mol. The molecule has 0 saturated carbocycles. The smallest absolute Gasteiger partial charge is 0.416 e. The molecule has 192 valence electrons. The van der Waals surface area contributed by atoms with Crippen molar-refractivity contribution in [2.45, 2.75) is 80.7 Å². The number of nitrogens with zero attached hydrogens (tertiary/aromatic N) is 3. The fourth-order valence-electron chi connectivity index (χ4n) is 3.45. The van der Waals surface area contributed by atoms with E-state index in [9.17, 15) is 0 Å². The minimum absolute atomic E-state index is 0.534. The maximum atomic E-state index is 6.82. The molecule has 0 bridgehead atoms. The molecule has 1 aliphatic rings. The van der Waals surface area contributed by atoms with Crippen LogP contribution in [0, 0.1) is 0 Å². The molecule has 0 spiro atoms. The van der Waals surface area contributed by atoms with Crippen molar-refractivity contribution in [3.63, 3.8) is 0 Å². The summed E-state index contributed by atoms with van der Waals surface area (Å²) in [4.78, 5) is 0. The Bertz CT molecular complexity index is 539. The average molecular weight is 530 g/mol. The van der Waals surface area contributed by atoms with Gasteiger partial charge in [-0.25, -0.2) is 0 Å². The molecule has 32 heavy (non-hydrogen) atoms. The van der Waals surface area contributed by atoms with E-state index in [0.717, 1.165) is 0 Å². The summed E-state index contributed by atoms with van der Waals surface area (Å²) in [7, 11) is -12.5. The van der Waals surface area contributed by atoms with Gasteiger partial charge in [-0.15, -0.1) is 0 Å². The van der Waals surface area contributed by atoms with Crippen LogP contribution in [-0.4, -0.2) is 89.4 Å². The van der Waals surface area contributed by atoms with Gasteiger partial charge in [0.2, 0.25) is 0 Å². The van der Waals surface area contributed by atoms with Crippen LogP contribution in [0.25, 0.3) is 0 Å². The third-order valence-electron chi connectivity index (χ3n) is 4.84. The zero-order valence-corrected chi connectivity index (χ0v) is 26.1. The van der Waals surface area contributed by atoms with Crippen molar-refractivity contribution in [3.8, 4) is 0 Å². The van der Waals surface area contributed by atoms with Crippen LogP contribution in [0.3, 0.4) is 0 Å². The second-order valence-corrected chi connectivity index (χ2v) is 20.8. The second-order valence-electron chi connectivity index (χ2n) is 8.36. The number of hydroxylamine groups is 6. The number of rotatable bonds is 13. The van der Waals surface area contributed by atoms with Crippen molar-refractivity contribution in [3.05, 3.63) is 0 Å². The second kappa shape index (κ2) is 13.0. The lowest BCUT2D eigenvalue weighted by Gasteiger charge is -2.48.